The number of ether oxygens (including phenoxy) is 1. The monoisotopic (exact) mass is 419 g/mol. The zero-order valence-electron chi connectivity index (χ0n) is 18.0. The number of aromatic nitrogens is 1. The molecule has 1 spiro atoms. The van der Waals surface area contributed by atoms with Gasteiger partial charge in [-0.2, -0.15) is 0 Å². The Morgan fingerprint density at radius 2 is 1.87 bits per heavy atom. The summed E-state index contributed by atoms with van der Waals surface area (Å²) >= 11 is 0. The zero-order valence-corrected chi connectivity index (χ0v) is 18.0. The fourth-order valence-corrected chi connectivity index (χ4v) is 5.42. The molecule has 1 aromatic heterocycles. The average Bonchev–Trinajstić information content (AvgIpc) is 2.96. The molecule has 3 aliphatic rings. The van der Waals surface area contributed by atoms with Crippen molar-refractivity contribution in [1.82, 2.24) is 14.8 Å². The van der Waals surface area contributed by atoms with Gasteiger partial charge in [0.1, 0.15) is 11.1 Å². The Morgan fingerprint density at radius 3 is 2.48 bits per heavy atom. The molecule has 1 saturated carbocycles. The van der Waals surface area contributed by atoms with Crippen molar-refractivity contribution in [2.75, 3.05) is 13.1 Å². The lowest BCUT2D eigenvalue weighted by atomic mass is 9.70. The summed E-state index contributed by atoms with van der Waals surface area (Å²) in [5.74, 6) is 0.474. The summed E-state index contributed by atoms with van der Waals surface area (Å²) in [7, 11) is 0. The first kappa shape index (κ1) is 20.0. The van der Waals surface area contributed by atoms with E-state index in [0.717, 1.165) is 30.4 Å². The molecule has 0 N–H and O–H groups in total. The smallest absolute Gasteiger partial charge is 0.411 e. The van der Waals surface area contributed by atoms with E-state index >= 15 is 0 Å². The lowest BCUT2D eigenvalue weighted by Gasteiger charge is -2.49. The number of amides is 2. The minimum Gasteiger partial charge on any atom is -0.440 e. The first-order chi connectivity index (χ1) is 15.0. The molecule has 2 amide bonds. The van der Waals surface area contributed by atoms with Gasteiger partial charge in [0, 0.05) is 44.2 Å². The number of rotatable bonds is 4. The Labute approximate surface area is 183 Å². The quantitative estimate of drug-likeness (QED) is 0.748. The first-order valence-electron chi connectivity index (χ1n) is 11.3. The Hall–Kier alpha value is -2.89. The SMILES string of the molecule is CC1(c2ccccc2)N(Cc2cccnc2)C(=O)OC12CCN(C(=O)C1CCC1)CC2. The van der Waals surface area contributed by atoms with Gasteiger partial charge in [-0.3, -0.25) is 14.7 Å². The van der Waals surface area contributed by atoms with E-state index in [4.69, 9.17) is 4.74 Å². The van der Waals surface area contributed by atoms with E-state index in [1.807, 2.05) is 40.1 Å². The maximum Gasteiger partial charge on any atom is 0.411 e. The van der Waals surface area contributed by atoms with E-state index in [-0.39, 0.29) is 17.9 Å². The topological polar surface area (TPSA) is 62.7 Å². The van der Waals surface area contributed by atoms with Crippen LogP contribution in [0.2, 0.25) is 0 Å². The van der Waals surface area contributed by atoms with Crippen molar-refractivity contribution >= 4 is 12.0 Å². The van der Waals surface area contributed by atoms with Crippen molar-refractivity contribution in [2.24, 2.45) is 5.92 Å². The zero-order chi connectivity index (χ0) is 21.5. The summed E-state index contributed by atoms with van der Waals surface area (Å²) < 4.78 is 6.20. The van der Waals surface area contributed by atoms with Crippen molar-refractivity contribution in [1.29, 1.82) is 0 Å². The molecular weight excluding hydrogens is 390 g/mol. The van der Waals surface area contributed by atoms with Gasteiger partial charge in [0.2, 0.25) is 5.91 Å². The van der Waals surface area contributed by atoms with E-state index in [9.17, 15) is 9.59 Å². The summed E-state index contributed by atoms with van der Waals surface area (Å²) in [4.78, 5) is 34.1. The predicted molar refractivity (Wildman–Crippen MR) is 116 cm³/mol. The highest BCUT2D eigenvalue weighted by Crippen LogP contribution is 2.52. The summed E-state index contributed by atoms with van der Waals surface area (Å²) in [5, 5.41) is 0. The van der Waals surface area contributed by atoms with E-state index in [2.05, 4.69) is 24.0 Å². The lowest BCUT2D eigenvalue weighted by molar-refractivity contribution is -0.144. The van der Waals surface area contributed by atoms with Crippen LogP contribution >= 0.6 is 0 Å². The van der Waals surface area contributed by atoms with Gasteiger partial charge in [0.05, 0.1) is 6.54 Å². The fourth-order valence-electron chi connectivity index (χ4n) is 5.42. The molecule has 1 aliphatic carbocycles. The highest BCUT2D eigenvalue weighted by molar-refractivity contribution is 5.80. The van der Waals surface area contributed by atoms with E-state index < -0.39 is 11.1 Å². The maximum absolute atomic E-state index is 13.2. The van der Waals surface area contributed by atoms with Gasteiger partial charge in [-0.25, -0.2) is 4.79 Å². The van der Waals surface area contributed by atoms with Crippen LogP contribution in [0.5, 0.6) is 0 Å². The van der Waals surface area contributed by atoms with Crippen LogP contribution in [0.4, 0.5) is 4.79 Å². The molecule has 6 heteroatoms. The molecule has 1 unspecified atom stereocenters. The van der Waals surface area contributed by atoms with E-state index in [0.29, 0.717) is 32.5 Å². The fraction of sp³-hybridized carbons (Fsp3) is 0.480. The number of hydrogen-bond acceptors (Lipinski definition) is 4. The molecule has 31 heavy (non-hydrogen) atoms. The van der Waals surface area contributed by atoms with Crippen molar-refractivity contribution < 1.29 is 14.3 Å². The number of carbonyl (C=O) groups excluding carboxylic acids is 2. The standard InChI is InChI=1S/C25H29N3O3/c1-24(21-10-3-2-4-11-21)25(12-15-27(16-13-25)22(29)20-8-5-9-20)31-23(30)28(24)18-19-7-6-14-26-17-19/h2-4,6-7,10-11,14,17,20H,5,8-9,12-13,15-16,18H2,1H3. The third-order valence-electron chi connectivity index (χ3n) is 7.67. The highest BCUT2D eigenvalue weighted by Gasteiger charge is 2.63. The molecule has 2 aromatic rings. The Morgan fingerprint density at radius 1 is 1.13 bits per heavy atom. The third kappa shape index (κ3) is 3.20. The number of benzene rings is 1. The van der Waals surface area contributed by atoms with Crippen molar-refractivity contribution in [3.8, 4) is 0 Å². The molecule has 3 heterocycles. The van der Waals surface area contributed by atoms with Gasteiger partial charge in [-0.05, 0) is 37.0 Å². The molecule has 2 aliphatic heterocycles. The van der Waals surface area contributed by atoms with Gasteiger partial charge in [-0.15, -0.1) is 0 Å². The largest absolute Gasteiger partial charge is 0.440 e. The molecule has 1 aromatic carbocycles. The second-order valence-electron chi connectivity index (χ2n) is 9.20. The van der Waals surface area contributed by atoms with E-state index in [1.54, 1.807) is 12.4 Å². The summed E-state index contributed by atoms with van der Waals surface area (Å²) in [6.45, 7) is 3.81. The predicted octanol–water partition coefficient (Wildman–Crippen LogP) is 4.11. The van der Waals surface area contributed by atoms with Crippen molar-refractivity contribution in [2.45, 2.75) is 56.7 Å². The van der Waals surface area contributed by atoms with Gasteiger partial charge < -0.3 is 9.64 Å². The average molecular weight is 420 g/mol. The van der Waals surface area contributed by atoms with Crippen LogP contribution in [-0.4, -0.2) is 45.5 Å². The second kappa shape index (κ2) is 7.66. The van der Waals surface area contributed by atoms with Crippen molar-refractivity contribution in [3.05, 3.63) is 66.0 Å². The first-order valence-corrected chi connectivity index (χ1v) is 11.3. The molecular formula is C25H29N3O3. The molecule has 0 radical (unpaired) electrons. The van der Waals surface area contributed by atoms with Gasteiger partial charge in [0.25, 0.3) is 0 Å². The minimum atomic E-state index is -0.663. The van der Waals surface area contributed by atoms with Crippen LogP contribution in [0.25, 0.3) is 0 Å². The van der Waals surface area contributed by atoms with Crippen LogP contribution in [0.3, 0.4) is 0 Å². The molecule has 0 bridgehead atoms. The Balaban J connectivity index is 1.46. The number of nitrogens with zero attached hydrogens (tertiary/aromatic N) is 3. The van der Waals surface area contributed by atoms with Crippen LogP contribution in [0, 0.1) is 5.92 Å². The van der Waals surface area contributed by atoms with Gasteiger partial charge in [0.15, 0.2) is 0 Å². The van der Waals surface area contributed by atoms with E-state index in [1.165, 1.54) is 0 Å². The Kier molecular flexibility index (Phi) is 4.95. The number of hydrogen-bond donors (Lipinski definition) is 0. The summed E-state index contributed by atoms with van der Waals surface area (Å²) in [5.41, 5.74) is 0.733. The lowest BCUT2D eigenvalue weighted by Crippen LogP contribution is -2.59. The molecule has 5 rings (SSSR count). The van der Waals surface area contributed by atoms with Crippen LogP contribution < -0.4 is 0 Å². The summed E-state index contributed by atoms with van der Waals surface area (Å²) in [6.07, 6.45) is 7.70. The van der Waals surface area contributed by atoms with Crippen LogP contribution in [0.1, 0.15) is 50.2 Å². The molecule has 2 saturated heterocycles. The molecule has 1 atom stereocenters. The number of carbonyl (C=O) groups is 2. The minimum absolute atomic E-state index is 0.197. The van der Waals surface area contributed by atoms with Crippen LogP contribution in [0.15, 0.2) is 54.9 Å². The molecule has 6 nitrogen and oxygen atoms in total. The van der Waals surface area contributed by atoms with Gasteiger partial charge >= 0.3 is 6.09 Å². The molecule has 3 fully saturated rings. The second-order valence-corrected chi connectivity index (χ2v) is 9.20. The highest BCUT2D eigenvalue weighted by atomic mass is 16.6. The normalized spacial score (nSPS) is 25.4. The van der Waals surface area contributed by atoms with Crippen LogP contribution in [-0.2, 0) is 21.6 Å². The maximum atomic E-state index is 13.2. The third-order valence-corrected chi connectivity index (χ3v) is 7.67. The van der Waals surface area contributed by atoms with Gasteiger partial charge in [-0.1, -0.05) is 42.8 Å². The molecule has 162 valence electrons. The van der Waals surface area contributed by atoms with Crippen molar-refractivity contribution in [3.63, 3.8) is 0 Å². The number of likely N-dealkylation sites (tertiary alicyclic amines) is 1. The Bertz CT molecular complexity index is 952. The summed E-state index contributed by atoms with van der Waals surface area (Å²) in [6, 6.07) is 14.0. The number of piperidine rings is 1. The number of pyridine rings is 1.